The molecule has 0 aliphatic carbocycles. The van der Waals surface area contributed by atoms with Gasteiger partial charge in [-0.3, -0.25) is 9.59 Å². The van der Waals surface area contributed by atoms with Crippen LogP contribution in [0.15, 0.2) is 4.79 Å². The predicted molar refractivity (Wildman–Crippen MR) is 131 cm³/mol. The molecule has 1 fully saturated rings. The summed E-state index contributed by atoms with van der Waals surface area (Å²) in [5.74, 6) is -2.74. The van der Waals surface area contributed by atoms with Gasteiger partial charge in [0.05, 0.1) is 16.6 Å². The molecule has 0 saturated carbocycles. The number of hydrogen-bond acceptors (Lipinski definition) is 5. The van der Waals surface area contributed by atoms with E-state index in [1.165, 1.54) is 0 Å². The van der Waals surface area contributed by atoms with E-state index in [4.69, 9.17) is 11.5 Å². The van der Waals surface area contributed by atoms with Crippen molar-refractivity contribution in [1.82, 2.24) is 9.47 Å². The van der Waals surface area contributed by atoms with Gasteiger partial charge in [0.15, 0.2) is 11.6 Å². The number of aromatic nitrogens is 1. The number of nitrogens with two attached hydrogens (primary N) is 2. The van der Waals surface area contributed by atoms with Gasteiger partial charge in [-0.25, -0.2) is 8.78 Å². The number of nitrogens with one attached hydrogen (secondary N) is 1. The number of fused-ring (bicyclic) bond motifs is 3. The fourth-order valence-electron chi connectivity index (χ4n) is 5.69. The van der Waals surface area contributed by atoms with Crippen molar-refractivity contribution in [1.29, 1.82) is 0 Å². The topological polar surface area (TPSA) is 106 Å². The zero-order valence-electron chi connectivity index (χ0n) is 20.3. The molecule has 2 aliphatic heterocycles. The van der Waals surface area contributed by atoms with Crippen LogP contribution in [0.25, 0.3) is 10.9 Å². The molecule has 9 heteroatoms. The molecule has 186 valence electrons. The predicted octanol–water partition coefficient (Wildman–Crippen LogP) is 3.71. The third-order valence-electron chi connectivity index (χ3n) is 7.85. The average molecular weight is 476 g/mol. The standard InChI is InChI=1S/C25H35F2N5O2/c1-4-25(2)11-6-5-9-15-16(24(29)34)23(33)17-20(28)18(26)21(19(27)22(17)32(15)25)30-14-8-7-12-31(3)13-10-14/h14,30H,4-13,28H2,1-3H3,(H2,29,34). The fraction of sp³-hybridized carbons (Fsp3) is 0.600. The van der Waals surface area contributed by atoms with Gasteiger partial charge in [0.25, 0.3) is 5.91 Å². The van der Waals surface area contributed by atoms with Gasteiger partial charge in [-0.1, -0.05) is 13.3 Å². The molecule has 2 atom stereocenters. The Kier molecular flexibility index (Phi) is 6.59. The van der Waals surface area contributed by atoms with Gasteiger partial charge in [-0.05, 0) is 72.0 Å². The second-order valence-electron chi connectivity index (χ2n) is 10.1. The van der Waals surface area contributed by atoms with Crippen molar-refractivity contribution in [2.45, 2.75) is 76.8 Å². The molecule has 0 radical (unpaired) electrons. The SMILES string of the molecule is CCC1(C)CCCCc2c(C(N)=O)c(=O)c3c(N)c(F)c(NC4CCCN(C)CC4)c(F)c3n21. The molecule has 1 amide bonds. The summed E-state index contributed by atoms with van der Waals surface area (Å²) >= 11 is 0. The molecular formula is C25H35F2N5O2. The third-order valence-corrected chi connectivity index (χ3v) is 7.85. The first kappa shape index (κ1) is 24.4. The normalized spacial score (nSPS) is 23.9. The van der Waals surface area contributed by atoms with E-state index >= 15 is 8.78 Å². The minimum Gasteiger partial charge on any atom is -0.396 e. The lowest BCUT2D eigenvalue weighted by atomic mass is 9.91. The van der Waals surface area contributed by atoms with Crippen molar-refractivity contribution in [3.05, 3.63) is 33.1 Å². The Hall–Kier alpha value is -2.68. The summed E-state index contributed by atoms with van der Waals surface area (Å²) in [7, 11) is 2.03. The van der Waals surface area contributed by atoms with Crippen LogP contribution in [0.5, 0.6) is 0 Å². The number of likely N-dealkylation sites (tertiary alicyclic amines) is 1. The van der Waals surface area contributed by atoms with Gasteiger partial charge in [-0.2, -0.15) is 0 Å². The van der Waals surface area contributed by atoms with Gasteiger partial charge in [0, 0.05) is 17.3 Å². The minimum absolute atomic E-state index is 0.0385. The van der Waals surface area contributed by atoms with Crippen LogP contribution < -0.4 is 22.2 Å². The largest absolute Gasteiger partial charge is 0.396 e. The van der Waals surface area contributed by atoms with E-state index in [1.54, 1.807) is 4.57 Å². The first-order valence-electron chi connectivity index (χ1n) is 12.2. The van der Waals surface area contributed by atoms with E-state index in [-0.39, 0.29) is 28.2 Å². The van der Waals surface area contributed by atoms with Crippen LogP contribution in [-0.2, 0) is 12.0 Å². The van der Waals surface area contributed by atoms with Crippen molar-refractivity contribution >= 4 is 28.2 Å². The Morgan fingerprint density at radius 1 is 1.18 bits per heavy atom. The molecule has 1 aromatic heterocycles. The summed E-state index contributed by atoms with van der Waals surface area (Å²) in [5, 5.41) is 2.77. The van der Waals surface area contributed by atoms with E-state index in [0.717, 1.165) is 51.6 Å². The number of benzene rings is 1. The van der Waals surface area contributed by atoms with E-state index in [1.807, 2.05) is 20.9 Å². The molecular weight excluding hydrogens is 440 g/mol. The minimum atomic E-state index is -0.998. The summed E-state index contributed by atoms with van der Waals surface area (Å²) in [6.07, 6.45) is 5.76. The molecule has 3 heterocycles. The van der Waals surface area contributed by atoms with Crippen LogP contribution >= 0.6 is 0 Å². The maximum absolute atomic E-state index is 16.3. The number of nitrogens with zero attached hydrogens (tertiary/aromatic N) is 2. The van der Waals surface area contributed by atoms with Gasteiger partial charge < -0.3 is 26.3 Å². The van der Waals surface area contributed by atoms with Crippen molar-refractivity contribution in [2.75, 3.05) is 31.2 Å². The highest BCUT2D eigenvalue weighted by Gasteiger charge is 2.36. The molecule has 34 heavy (non-hydrogen) atoms. The molecule has 2 aromatic rings. The summed E-state index contributed by atoms with van der Waals surface area (Å²) in [5.41, 5.74) is 9.81. The number of primary amides is 1. The van der Waals surface area contributed by atoms with Crippen molar-refractivity contribution in [3.8, 4) is 0 Å². The first-order chi connectivity index (χ1) is 16.1. The maximum atomic E-state index is 16.3. The van der Waals surface area contributed by atoms with E-state index in [9.17, 15) is 9.59 Å². The molecule has 1 saturated heterocycles. The number of carbonyl (C=O) groups excluding carboxylic acids is 1. The molecule has 2 unspecified atom stereocenters. The Labute approximate surface area is 198 Å². The molecule has 5 N–H and O–H groups in total. The highest BCUT2D eigenvalue weighted by atomic mass is 19.1. The number of pyridine rings is 1. The number of carbonyl (C=O) groups is 1. The van der Waals surface area contributed by atoms with Gasteiger partial charge in [0.2, 0.25) is 5.43 Å². The quantitative estimate of drug-likeness (QED) is 0.585. The van der Waals surface area contributed by atoms with E-state index in [0.29, 0.717) is 18.5 Å². The van der Waals surface area contributed by atoms with Crippen LogP contribution in [0, 0.1) is 11.6 Å². The lowest BCUT2D eigenvalue weighted by Gasteiger charge is -2.35. The maximum Gasteiger partial charge on any atom is 0.254 e. The number of anilines is 2. The Morgan fingerprint density at radius 3 is 2.59 bits per heavy atom. The molecule has 0 spiro atoms. The summed E-state index contributed by atoms with van der Waals surface area (Å²) in [4.78, 5) is 28.0. The van der Waals surface area contributed by atoms with Crippen molar-refractivity contribution in [3.63, 3.8) is 0 Å². The number of amides is 1. The number of halogens is 2. The highest BCUT2D eigenvalue weighted by Crippen LogP contribution is 2.41. The second-order valence-corrected chi connectivity index (χ2v) is 10.1. The Morgan fingerprint density at radius 2 is 1.91 bits per heavy atom. The summed E-state index contributed by atoms with van der Waals surface area (Å²) in [6, 6.07) is -0.122. The van der Waals surface area contributed by atoms with Crippen molar-refractivity contribution < 1.29 is 13.6 Å². The van der Waals surface area contributed by atoms with Crippen LogP contribution in [0.4, 0.5) is 20.2 Å². The second kappa shape index (κ2) is 9.17. The highest BCUT2D eigenvalue weighted by molar-refractivity contribution is 6.02. The van der Waals surface area contributed by atoms with Crippen LogP contribution in [-0.4, -0.2) is 41.6 Å². The van der Waals surface area contributed by atoms with Gasteiger partial charge in [-0.15, -0.1) is 0 Å². The van der Waals surface area contributed by atoms with Crippen molar-refractivity contribution in [2.24, 2.45) is 5.73 Å². The number of hydrogen-bond donors (Lipinski definition) is 3. The average Bonchev–Trinajstić information content (AvgIpc) is 3.10. The number of rotatable bonds is 4. The zero-order valence-corrected chi connectivity index (χ0v) is 20.3. The molecule has 4 rings (SSSR count). The monoisotopic (exact) mass is 475 g/mol. The van der Waals surface area contributed by atoms with Crippen LogP contribution in [0.1, 0.15) is 74.8 Å². The molecule has 1 aromatic carbocycles. The summed E-state index contributed by atoms with van der Waals surface area (Å²) in [6.45, 7) is 5.70. The Balaban J connectivity index is 2.05. The van der Waals surface area contributed by atoms with E-state index in [2.05, 4.69) is 10.2 Å². The van der Waals surface area contributed by atoms with Gasteiger partial charge in [0.1, 0.15) is 11.3 Å². The fourth-order valence-corrected chi connectivity index (χ4v) is 5.69. The first-order valence-corrected chi connectivity index (χ1v) is 12.2. The lowest BCUT2D eigenvalue weighted by Crippen LogP contribution is -2.37. The molecule has 0 bridgehead atoms. The summed E-state index contributed by atoms with van der Waals surface area (Å²) < 4.78 is 33.6. The number of nitrogen functional groups attached to an aromatic ring is 1. The lowest BCUT2D eigenvalue weighted by molar-refractivity contribution is 0.0997. The zero-order chi connectivity index (χ0) is 24.8. The molecule has 2 aliphatic rings. The molecule has 7 nitrogen and oxygen atoms in total. The van der Waals surface area contributed by atoms with Crippen LogP contribution in [0.2, 0.25) is 0 Å². The van der Waals surface area contributed by atoms with Crippen LogP contribution in [0.3, 0.4) is 0 Å². The van der Waals surface area contributed by atoms with E-state index < -0.39 is 34.2 Å². The smallest absolute Gasteiger partial charge is 0.254 e. The Bertz CT molecular complexity index is 1190. The third kappa shape index (κ3) is 3.93. The van der Waals surface area contributed by atoms with Gasteiger partial charge >= 0.3 is 0 Å².